The Balaban J connectivity index is 2.35. The average Bonchev–Trinajstić information content (AvgIpc) is 2.77. The van der Waals surface area contributed by atoms with Gasteiger partial charge in [0, 0.05) is 23.3 Å². The van der Waals surface area contributed by atoms with Gasteiger partial charge in [0.05, 0.1) is 19.1 Å². The van der Waals surface area contributed by atoms with E-state index in [0.29, 0.717) is 0 Å². The van der Waals surface area contributed by atoms with Crippen molar-refractivity contribution >= 4 is 16.8 Å². The molecule has 0 amide bonds. The molecule has 3 aromatic carbocycles. The van der Waals surface area contributed by atoms with Gasteiger partial charge >= 0.3 is 0 Å². The smallest absolute Gasteiger partial charge is 0.269 e. The Morgan fingerprint density at radius 1 is 0.828 bits per heavy atom. The fourth-order valence-corrected chi connectivity index (χ4v) is 3.49. The molecule has 0 saturated carbocycles. The lowest BCUT2D eigenvalue weighted by Gasteiger charge is -2.19. The Morgan fingerprint density at radius 2 is 1.34 bits per heavy atom. The summed E-state index contributed by atoms with van der Waals surface area (Å²) >= 11 is 0. The van der Waals surface area contributed by atoms with Crippen molar-refractivity contribution < 1.29 is 14.4 Å². The molecule has 3 rings (SSSR count). The van der Waals surface area contributed by atoms with Crippen LogP contribution in [0, 0.1) is 10.1 Å². The number of rotatable bonds is 7. The van der Waals surface area contributed by atoms with Gasteiger partial charge in [-0.25, -0.2) is 0 Å². The lowest BCUT2D eigenvalue weighted by atomic mass is 9.87. The van der Waals surface area contributed by atoms with Crippen molar-refractivity contribution in [2.24, 2.45) is 0 Å². The molecule has 5 nitrogen and oxygen atoms in total. The van der Waals surface area contributed by atoms with E-state index in [2.05, 4.69) is 6.92 Å². The zero-order chi connectivity index (χ0) is 20.8. The summed E-state index contributed by atoms with van der Waals surface area (Å²) in [4.78, 5) is 10.7. The van der Waals surface area contributed by atoms with E-state index in [0.717, 1.165) is 45.8 Å². The summed E-state index contributed by atoms with van der Waals surface area (Å²) in [5.41, 5.74) is 4.87. The minimum absolute atomic E-state index is 0.0588. The van der Waals surface area contributed by atoms with Gasteiger partial charge in [-0.05, 0) is 47.4 Å². The zero-order valence-corrected chi connectivity index (χ0v) is 16.7. The van der Waals surface area contributed by atoms with Crippen LogP contribution in [0.4, 0.5) is 5.69 Å². The SMILES string of the molecule is CC/C(=C(\c1ccc([N+](=O)[O-])cc1)c1ccccc1OC)c1ccccc1OC. The van der Waals surface area contributed by atoms with Gasteiger partial charge in [-0.15, -0.1) is 0 Å². The van der Waals surface area contributed by atoms with Crippen LogP contribution in [0.2, 0.25) is 0 Å². The number of nitrogens with zero attached hydrogens (tertiary/aromatic N) is 1. The maximum Gasteiger partial charge on any atom is 0.269 e. The number of hydrogen-bond donors (Lipinski definition) is 0. The second-order valence-electron chi connectivity index (χ2n) is 6.41. The zero-order valence-electron chi connectivity index (χ0n) is 16.7. The minimum Gasteiger partial charge on any atom is -0.496 e. The van der Waals surface area contributed by atoms with Gasteiger partial charge in [0.25, 0.3) is 5.69 Å². The van der Waals surface area contributed by atoms with Crippen molar-refractivity contribution in [3.8, 4) is 11.5 Å². The van der Waals surface area contributed by atoms with E-state index in [-0.39, 0.29) is 5.69 Å². The molecule has 0 fully saturated rings. The number of hydrogen-bond acceptors (Lipinski definition) is 4. The second kappa shape index (κ2) is 9.06. The molecule has 0 unspecified atom stereocenters. The number of nitro groups is 1. The number of ether oxygens (including phenoxy) is 2. The highest BCUT2D eigenvalue weighted by Crippen LogP contribution is 2.41. The first-order valence-electron chi connectivity index (χ1n) is 9.35. The molecule has 0 aliphatic heterocycles. The van der Waals surface area contributed by atoms with Gasteiger partial charge in [-0.1, -0.05) is 43.3 Å². The third kappa shape index (κ3) is 4.14. The van der Waals surface area contributed by atoms with Crippen molar-refractivity contribution in [3.63, 3.8) is 0 Å². The van der Waals surface area contributed by atoms with Gasteiger partial charge in [-0.3, -0.25) is 10.1 Å². The summed E-state index contributed by atoms with van der Waals surface area (Å²) < 4.78 is 11.2. The van der Waals surface area contributed by atoms with Crippen molar-refractivity contribution in [2.75, 3.05) is 14.2 Å². The molecule has 0 spiro atoms. The summed E-state index contributed by atoms with van der Waals surface area (Å²) in [5, 5.41) is 11.1. The van der Waals surface area contributed by atoms with Gasteiger partial charge in [0.2, 0.25) is 0 Å². The molecule has 0 aromatic heterocycles. The summed E-state index contributed by atoms with van der Waals surface area (Å²) in [5.74, 6) is 1.51. The summed E-state index contributed by atoms with van der Waals surface area (Å²) in [6.07, 6.45) is 0.741. The van der Waals surface area contributed by atoms with E-state index in [1.807, 2.05) is 48.5 Å². The van der Waals surface area contributed by atoms with Crippen LogP contribution in [0.25, 0.3) is 11.1 Å². The van der Waals surface area contributed by atoms with Gasteiger partial charge < -0.3 is 9.47 Å². The van der Waals surface area contributed by atoms with Crippen molar-refractivity contribution in [1.82, 2.24) is 0 Å². The molecule has 0 heterocycles. The molecule has 29 heavy (non-hydrogen) atoms. The Morgan fingerprint density at radius 3 is 1.86 bits per heavy atom. The number of non-ortho nitro benzene ring substituents is 1. The molecule has 0 bridgehead atoms. The molecule has 0 atom stereocenters. The Kier molecular flexibility index (Phi) is 6.29. The van der Waals surface area contributed by atoms with Gasteiger partial charge in [0.15, 0.2) is 0 Å². The highest BCUT2D eigenvalue weighted by atomic mass is 16.6. The quantitative estimate of drug-likeness (QED) is 0.283. The number of methoxy groups -OCH3 is 2. The minimum atomic E-state index is -0.392. The molecule has 148 valence electrons. The largest absolute Gasteiger partial charge is 0.496 e. The first-order valence-corrected chi connectivity index (χ1v) is 9.35. The summed E-state index contributed by atoms with van der Waals surface area (Å²) in [6.45, 7) is 2.09. The highest BCUT2D eigenvalue weighted by molar-refractivity contribution is 6.01. The van der Waals surface area contributed by atoms with Gasteiger partial charge in [0.1, 0.15) is 11.5 Å². The van der Waals surface area contributed by atoms with E-state index in [4.69, 9.17) is 9.47 Å². The Bertz CT molecular complexity index is 1040. The molecule has 5 heteroatoms. The van der Waals surface area contributed by atoms with Crippen LogP contribution in [0.1, 0.15) is 30.0 Å². The number of para-hydroxylation sites is 2. The molecule has 0 saturated heterocycles. The molecular weight excluding hydrogens is 366 g/mol. The van der Waals surface area contributed by atoms with Crippen LogP contribution in [-0.4, -0.2) is 19.1 Å². The summed E-state index contributed by atoms with van der Waals surface area (Å²) in [7, 11) is 3.29. The maximum absolute atomic E-state index is 11.1. The topological polar surface area (TPSA) is 61.6 Å². The average molecular weight is 389 g/mol. The Labute approximate surface area is 170 Å². The lowest BCUT2D eigenvalue weighted by Crippen LogP contribution is -2.00. The van der Waals surface area contributed by atoms with Crippen molar-refractivity contribution in [1.29, 1.82) is 0 Å². The van der Waals surface area contributed by atoms with Crippen LogP contribution >= 0.6 is 0 Å². The molecule has 0 N–H and O–H groups in total. The predicted octanol–water partition coefficient (Wildman–Crippen LogP) is 5.98. The molecule has 0 aliphatic carbocycles. The molecular formula is C24H23NO4. The third-order valence-electron chi connectivity index (χ3n) is 4.83. The second-order valence-corrected chi connectivity index (χ2v) is 6.41. The van der Waals surface area contributed by atoms with E-state index in [1.54, 1.807) is 26.4 Å². The monoisotopic (exact) mass is 389 g/mol. The van der Waals surface area contributed by atoms with E-state index in [9.17, 15) is 10.1 Å². The van der Waals surface area contributed by atoms with Crippen LogP contribution in [0.5, 0.6) is 11.5 Å². The fraction of sp³-hybridized carbons (Fsp3) is 0.167. The molecule has 0 aliphatic rings. The first kappa shape index (κ1) is 20.1. The Hall–Kier alpha value is -3.60. The summed E-state index contributed by atoms with van der Waals surface area (Å²) in [6, 6.07) is 22.3. The first-order chi connectivity index (χ1) is 14.1. The van der Waals surface area contributed by atoms with E-state index < -0.39 is 4.92 Å². The maximum atomic E-state index is 11.1. The highest BCUT2D eigenvalue weighted by Gasteiger charge is 2.19. The van der Waals surface area contributed by atoms with E-state index >= 15 is 0 Å². The normalized spacial score (nSPS) is 11.6. The van der Waals surface area contributed by atoms with Crippen LogP contribution in [0.15, 0.2) is 72.8 Å². The van der Waals surface area contributed by atoms with Gasteiger partial charge in [-0.2, -0.15) is 0 Å². The number of benzene rings is 3. The van der Waals surface area contributed by atoms with Crippen LogP contribution in [-0.2, 0) is 0 Å². The number of nitro benzene ring substituents is 1. The standard InChI is InChI=1S/C24H23NO4/c1-4-19(20-9-5-7-11-22(20)28-2)24(21-10-6-8-12-23(21)29-3)17-13-15-18(16-14-17)25(26)27/h5-16H,4H2,1-3H3/b24-19-. The van der Waals surface area contributed by atoms with Crippen LogP contribution < -0.4 is 9.47 Å². The van der Waals surface area contributed by atoms with Crippen molar-refractivity contribution in [2.45, 2.75) is 13.3 Å². The predicted molar refractivity (Wildman–Crippen MR) is 115 cm³/mol. The fourth-order valence-electron chi connectivity index (χ4n) is 3.49. The van der Waals surface area contributed by atoms with Crippen molar-refractivity contribution in [3.05, 3.63) is 99.6 Å². The molecule has 3 aromatic rings. The third-order valence-corrected chi connectivity index (χ3v) is 4.83. The van der Waals surface area contributed by atoms with Crippen LogP contribution in [0.3, 0.4) is 0 Å². The molecule has 0 radical (unpaired) electrons. The number of allylic oxidation sites excluding steroid dienone is 1. The lowest BCUT2D eigenvalue weighted by molar-refractivity contribution is -0.384. The van der Waals surface area contributed by atoms with E-state index in [1.165, 1.54) is 12.1 Å².